The van der Waals surface area contributed by atoms with Gasteiger partial charge in [0.1, 0.15) is 0 Å². The Hall–Kier alpha value is -1.69. The van der Waals surface area contributed by atoms with Crippen molar-refractivity contribution in [2.45, 2.75) is 9.79 Å². The standard InChI is InChI=1S/C11H12FN3OS/c1-15-6-7(5-14-15)17-11-4-10(16-2)8(12)3-9(11)13/h3-6H,13H2,1-2H3. The highest BCUT2D eigenvalue weighted by Gasteiger charge is 2.10. The number of methoxy groups -OCH3 is 1. The number of hydrogen-bond acceptors (Lipinski definition) is 4. The van der Waals surface area contributed by atoms with Crippen LogP contribution in [0.4, 0.5) is 10.1 Å². The maximum absolute atomic E-state index is 13.3. The van der Waals surface area contributed by atoms with Gasteiger partial charge in [-0.2, -0.15) is 5.10 Å². The predicted octanol–water partition coefficient (Wildman–Crippen LogP) is 2.30. The molecule has 0 aliphatic rings. The van der Waals surface area contributed by atoms with Crippen molar-refractivity contribution < 1.29 is 9.13 Å². The first kappa shape index (κ1) is 11.8. The molecule has 17 heavy (non-hydrogen) atoms. The molecular formula is C11H12FN3OS. The van der Waals surface area contributed by atoms with Gasteiger partial charge in [0.2, 0.25) is 0 Å². The molecule has 4 nitrogen and oxygen atoms in total. The number of nitrogen functional groups attached to an aromatic ring is 1. The van der Waals surface area contributed by atoms with Crippen LogP contribution in [0.15, 0.2) is 34.3 Å². The van der Waals surface area contributed by atoms with E-state index in [0.29, 0.717) is 5.69 Å². The third-order valence-electron chi connectivity index (χ3n) is 2.19. The SMILES string of the molecule is COc1cc(Sc2cnn(C)c2)c(N)cc1F. The van der Waals surface area contributed by atoms with Crippen LogP contribution in [0.5, 0.6) is 5.75 Å². The van der Waals surface area contributed by atoms with Crippen molar-refractivity contribution in [1.29, 1.82) is 0 Å². The molecule has 0 bridgehead atoms. The fourth-order valence-corrected chi connectivity index (χ4v) is 2.28. The highest BCUT2D eigenvalue weighted by atomic mass is 32.2. The second-order valence-corrected chi connectivity index (χ2v) is 4.59. The number of nitrogens with zero attached hydrogens (tertiary/aromatic N) is 2. The van der Waals surface area contributed by atoms with Crippen LogP contribution in [-0.2, 0) is 7.05 Å². The van der Waals surface area contributed by atoms with Gasteiger partial charge in [0.15, 0.2) is 11.6 Å². The summed E-state index contributed by atoms with van der Waals surface area (Å²) in [7, 11) is 3.26. The summed E-state index contributed by atoms with van der Waals surface area (Å²) in [6.45, 7) is 0. The summed E-state index contributed by atoms with van der Waals surface area (Å²) in [6.07, 6.45) is 3.58. The number of aromatic nitrogens is 2. The molecule has 0 saturated carbocycles. The van der Waals surface area contributed by atoms with Crippen LogP contribution in [0.3, 0.4) is 0 Å². The van der Waals surface area contributed by atoms with Crippen LogP contribution in [0, 0.1) is 5.82 Å². The molecule has 0 amide bonds. The lowest BCUT2D eigenvalue weighted by atomic mass is 10.3. The van der Waals surface area contributed by atoms with Gasteiger partial charge >= 0.3 is 0 Å². The van der Waals surface area contributed by atoms with Crippen LogP contribution in [-0.4, -0.2) is 16.9 Å². The third-order valence-corrected chi connectivity index (χ3v) is 3.21. The van der Waals surface area contributed by atoms with Gasteiger partial charge in [-0.05, 0) is 6.07 Å². The first-order chi connectivity index (χ1) is 8.10. The third kappa shape index (κ3) is 2.52. The van der Waals surface area contributed by atoms with Crippen LogP contribution >= 0.6 is 11.8 Å². The minimum atomic E-state index is -0.458. The van der Waals surface area contributed by atoms with Crippen molar-refractivity contribution in [3.8, 4) is 5.75 Å². The Morgan fingerprint density at radius 3 is 2.82 bits per heavy atom. The summed E-state index contributed by atoms with van der Waals surface area (Å²) >= 11 is 1.42. The van der Waals surface area contributed by atoms with E-state index in [1.165, 1.54) is 24.9 Å². The second kappa shape index (κ2) is 4.67. The van der Waals surface area contributed by atoms with Crippen LogP contribution in [0.1, 0.15) is 0 Å². The average Bonchev–Trinajstić information content (AvgIpc) is 2.68. The Bertz CT molecular complexity index is 542. The van der Waals surface area contributed by atoms with E-state index in [4.69, 9.17) is 10.5 Å². The summed E-state index contributed by atoms with van der Waals surface area (Å²) in [5, 5.41) is 4.05. The molecule has 1 aromatic carbocycles. The van der Waals surface area contributed by atoms with Crippen LogP contribution in [0.25, 0.3) is 0 Å². The number of benzene rings is 1. The van der Waals surface area contributed by atoms with Gasteiger partial charge in [0.05, 0.1) is 18.2 Å². The summed E-state index contributed by atoms with van der Waals surface area (Å²) in [6, 6.07) is 2.85. The Morgan fingerprint density at radius 2 is 2.24 bits per heavy atom. The zero-order chi connectivity index (χ0) is 12.4. The van der Waals surface area contributed by atoms with Gasteiger partial charge < -0.3 is 10.5 Å². The van der Waals surface area contributed by atoms with Crippen molar-refractivity contribution in [2.75, 3.05) is 12.8 Å². The van der Waals surface area contributed by atoms with Gasteiger partial charge in [0.25, 0.3) is 0 Å². The molecule has 0 aliphatic carbocycles. The van der Waals surface area contributed by atoms with E-state index in [-0.39, 0.29) is 5.75 Å². The molecule has 2 aromatic rings. The number of halogens is 1. The molecule has 0 atom stereocenters. The van der Waals surface area contributed by atoms with Gasteiger partial charge in [-0.25, -0.2) is 4.39 Å². The highest BCUT2D eigenvalue weighted by Crippen LogP contribution is 2.35. The molecule has 0 aliphatic heterocycles. The predicted molar refractivity (Wildman–Crippen MR) is 64.7 cm³/mol. The monoisotopic (exact) mass is 253 g/mol. The zero-order valence-corrected chi connectivity index (χ0v) is 10.3. The normalized spacial score (nSPS) is 10.5. The van der Waals surface area contributed by atoms with Gasteiger partial charge in [-0.15, -0.1) is 0 Å². The fraction of sp³-hybridized carbons (Fsp3) is 0.182. The van der Waals surface area contributed by atoms with E-state index in [1.807, 2.05) is 13.2 Å². The molecule has 0 radical (unpaired) electrons. The lowest BCUT2D eigenvalue weighted by Gasteiger charge is -2.07. The molecule has 0 fully saturated rings. The Balaban J connectivity index is 2.32. The van der Waals surface area contributed by atoms with E-state index >= 15 is 0 Å². The summed E-state index contributed by atoms with van der Waals surface area (Å²) in [4.78, 5) is 1.68. The van der Waals surface area contributed by atoms with E-state index < -0.39 is 5.82 Å². The molecule has 1 heterocycles. The molecule has 0 spiro atoms. The van der Waals surface area contributed by atoms with E-state index in [2.05, 4.69) is 5.10 Å². The minimum Gasteiger partial charge on any atom is -0.494 e. The lowest BCUT2D eigenvalue weighted by molar-refractivity contribution is 0.385. The smallest absolute Gasteiger partial charge is 0.167 e. The fourth-order valence-electron chi connectivity index (χ4n) is 1.37. The van der Waals surface area contributed by atoms with Crippen molar-refractivity contribution >= 4 is 17.4 Å². The van der Waals surface area contributed by atoms with Gasteiger partial charge in [-0.1, -0.05) is 11.8 Å². The number of hydrogen-bond donors (Lipinski definition) is 1. The highest BCUT2D eigenvalue weighted by molar-refractivity contribution is 7.99. The Kier molecular flexibility index (Phi) is 3.23. The van der Waals surface area contributed by atoms with Crippen molar-refractivity contribution in [3.63, 3.8) is 0 Å². The van der Waals surface area contributed by atoms with Gasteiger partial charge in [-0.3, -0.25) is 4.68 Å². The molecule has 1 aromatic heterocycles. The van der Waals surface area contributed by atoms with Crippen molar-refractivity contribution in [3.05, 3.63) is 30.3 Å². The molecule has 2 N–H and O–H groups in total. The van der Waals surface area contributed by atoms with Crippen molar-refractivity contribution in [2.24, 2.45) is 7.05 Å². The molecule has 6 heteroatoms. The number of nitrogens with two attached hydrogens (primary N) is 1. The maximum atomic E-state index is 13.3. The molecule has 2 rings (SSSR count). The Labute approximate surface area is 103 Å². The first-order valence-corrected chi connectivity index (χ1v) is 5.71. The van der Waals surface area contributed by atoms with Crippen LogP contribution < -0.4 is 10.5 Å². The zero-order valence-electron chi connectivity index (χ0n) is 9.48. The number of ether oxygens (including phenoxy) is 1. The quantitative estimate of drug-likeness (QED) is 0.853. The molecule has 90 valence electrons. The molecular weight excluding hydrogens is 241 g/mol. The average molecular weight is 253 g/mol. The first-order valence-electron chi connectivity index (χ1n) is 4.89. The summed E-state index contributed by atoms with van der Waals surface area (Å²) < 4.78 is 20.0. The lowest BCUT2D eigenvalue weighted by Crippen LogP contribution is -1.94. The topological polar surface area (TPSA) is 53.1 Å². The van der Waals surface area contributed by atoms with Gasteiger partial charge in [0, 0.05) is 29.9 Å². The molecule has 0 unspecified atom stereocenters. The number of anilines is 1. The minimum absolute atomic E-state index is 0.186. The Morgan fingerprint density at radius 1 is 1.47 bits per heavy atom. The largest absolute Gasteiger partial charge is 0.494 e. The molecule has 0 saturated heterocycles. The van der Waals surface area contributed by atoms with Crippen LogP contribution in [0.2, 0.25) is 0 Å². The second-order valence-electron chi connectivity index (χ2n) is 3.48. The van der Waals surface area contributed by atoms with E-state index in [0.717, 1.165) is 9.79 Å². The number of rotatable bonds is 3. The van der Waals surface area contributed by atoms with E-state index in [9.17, 15) is 4.39 Å². The number of aryl methyl sites for hydroxylation is 1. The summed E-state index contributed by atoms with van der Waals surface area (Å²) in [5.41, 5.74) is 6.14. The van der Waals surface area contributed by atoms with E-state index in [1.54, 1.807) is 16.9 Å². The maximum Gasteiger partial charge on any atom is 0.167 e. The van der Waals surface area contributed by atoms with Crippen molar-refractivity contribution in [1.82, 2.24) is 9.78 Å². The summed E-state index contributed by atoms with van der Waals surface area (Å²) in [5.74, 6) is -0.272.